The van der Waals surface area contributed by atoms with Gasteiger partial charge in [0.05, 0.1) is 16.5 Å². The Labute approximate surface area is 134 Å². The van der Waals surface area contributed by atoms with Crippen LogP contribution in [-0.4, -0.2) is 27.2 Å². The maximum Gasteiger partial charge on any atom is 0.160 e. The number of alkyl halides is 1. The highest BCUT2D eigenvalue weighted by molar-refractivity contribution is 6.31. The fraction of sp³-hybridized carbons (Fsp3) is 0.600. The average molecular weight is 328 g/mol. The predicted octanol–water partition coefficient (Wildman–Crippen LogP) is 4.20. The minimum absolute atomic E-state index is 0.166. The summed E-state index contributed by atoms with van der Waals surface area (Å²) in [4.78, 5) is 9.05. The van der Waals surface area contributed by atoms with Gasteiger partial charge in [-0.05, 0) is 25.8 Å². The second-order valence-electron chi connectivity index (χ2n) is 5.56. The molecule has 4 nitrogen and oxygen atoms in total. The lowest BCUT2D eigenvalue weighted by Gasteiger charge is -2.19. The lowest BCUT2D eigenvalue weighted by atomic mass is 9.99. The number of halogens is 2. The van der Waals surface area contributed by atoms with Crippen molar-refractivity contribution in [3.63, 3.8) is 0 Å². The molecular formula is C15H19Cl2N3O. The van der Waals surface area contributed by atoms with Gasteiger partial charge in [0.15, 0.2) is 5.65 Å². The molecule has 1 aliphatic rings. The molecule has 2 aromatic rings. The van der Waals surface area contributed by atoms with E-state index in [0.29, 0.717) is 17.0 Å². The molecule has 0 bridgehead atoms. The zero-order valence-electron chi connectivity index (χ0n) is 12.2. The Morgan fingerprint density at radius 1 is 1.52 bits per heavy atom. The highest BCUT2D eigenvalue weighted by atomic mass is 35.5. The van der Waals surface area contributed by atoms with Crippen molar-refractivity contribution in [2.75, 3.05) is 6.61 Å². The quantitative estimate of drug-likeness (QED) is 0.790. The lowest BCUT2D eigenvalue weighted by Crippen LogP contribution is -2.21. The van der Waals surface area contributed by atoms with Crippen LogP contribution in [0.2, 0.25) is 5.02 Å². The van der Waals surface area contributed by atoms with Crippen LogP contribution in [0.1, 0.15) is 37.9 Å². The largest absolute Gasteiger partial charge is 0.378 e. The van der Waals surface area contributed by atoms with Crippen LogP contribution in [-0.2, 0) is 11.3 Å². The van der Waals surface area contributed by atoms with Crippen LogP contribution in [0.25, 0.3) is 11.2 Å². The zero-order chi connectivity index (χ0) is 15.0. The first-order valence-electron chi connectivity index (χ1n) is 7.37. The molecule has 21 heavy (non-hydrogen) atoms. The fourth-order valence-electron chi connectivity index (χ4n) is 3.07. The van der Waals surface area contributed by atoms with Gasteiger partial charge in [-0.2, -0.15) is 0 Å². The number of pyridine rings is 1. The van der Waals surface area contributed by atoms with Gasteiger partial charge in [0.2, 0.25) is 0 Å². The van der Waals surface area contributed by atoms with E-state index in [1.54, 1.807) is 6.20 Å². The topological polar surface area (TPSA) is 39.9 Å². The summed E-state index contributed by atoms with van der Waals surface area (Å²) in [5, 5.41) is 0.428. The Bertz CT molecular complexity index is 641. The molecule has 114 valence electrons. The summed E-state index contributed by atoms with van der Waals surface area (Å²) >= 11 is 12.3. The van der Waals surface area contributed by atoms with Crippen molar-refractivity contribution < 1.29 is 4.74 Å². The number of hydrogen-bond donors (Lipinski definition) is 0. The first-order chi connectivity index (χ1) is 10.1. The average Bonchev–Trinajstić information content (AvgIpc) is 3.03. The first-order valence-corrected chi connectivity index (χ1v) is 8.19. The Morgan fingerprint density at radius 2 is 2.33 bits per heavy atom. The third-order valence-electron chi connectivity index (χ3n) is 4.10. The summed E-state index contributed by atoms with van der Waals surface area (Å²) in [5.41, 5.74) is 1.65. The lowest BCUT2D eigenvalue weighted by molar-refractivity contribution is 0.0835. The van der Waals surface area contributed by atoms with Gasteiger partial charge in [0.1, 0.15) is 11.3 Å². The van der Waals surface area contributed by atoms with Gasteiger partial charge in [-0.25, -0.2) is 9.97 Å². The van der Waals surface area contributed by atoms with Crippen LogP contribution >= 0.6 is 23.2 Å². The maximum absolute atomic E-state index is 6.30. The smallest absolute Gasteiger partial charge is 0.160 e. The van der Waals surface area contributed by atoms with Gasteiger partial charge in [0, 0.05) is 25.3 Å². The predicted molar refractivity (Wildman–Crippen MR) is 84.9 cm³/mol. The summed E-state index contributed by atoms with van der Waals surface area (Å²) in [7, 11) is 0. The van der Waals surface area contributed by atoms with Crippen LogP contribution in [0.5, 0.6) is 0 Å². The van der Waals surface area contributed by atoms with Gasteiger partial charge in [-0.15, -0.1) is 11.6 Å². The van der Waals surface area contributed by atoms with Gasteiger partial charge in [-0.3, -0.25) is 0 Å². The normalized spacial score (nSPS) is 23.8. The third-order valence-corrected chi connectivity index (χ3v) is 4.50. The molecule has 1 saturated heterocycles. The molecule has 3 rings (SSSR count). The summed E-state index contributed by atoms with van der Waals surface area (Å²) in [5.74, 6) is 1.34. The Kier molecular flexibility index (Phi) is 4.38. The molecule has 0 saturated carbocycles. The molecule has 0 aromatic carbocycles. The SMILES string of the molecule is CCC1OCCC1Cn1c(C(C)Cl)nc2cc(Cl)cnc21. The van der Waals surface area contributed by atoms with Crippen molar-refractivity contribution in [3.8, 4) is 0 Å². The van der Waals surface area contributed by atoms with Crippen molar-refractivity contribution in [2.24, 2.45) is 5.92 Å². The van der Waals surface area contributed by atoms with Crippen LogP contribution in [0.3, 0.4) is 0 Å². The molecule has 3 atom stereocenters. The van der Waals surface area contributed by atoms with Crippen LogP contribution in [0, 0.1) is 5.92 Å². The first kappa shape index (κ1) is 15.1. The second-order valence-corrected chi connectivity index (χ2v) is 6.65. The molecule has 0 N–H and O–H groups in total. The van der Waals surface area contributed by atoms with Gasteiger partial charge in [0.25, 0.3) is 0 Å². The molecule has 3 heterocycles. The number of aromatic nitrogens is 3. The van der Waals surface area contributed by atoms with Gasteiger partial charge >= 0.3 is 0 Å². The van der Waals surface area contributed by atoms with E-state index in [2.05, 4.69) is 21.5 Å². The van der Waals surface area contributed by atoms with E-state index in [1.807, 2.05) is 13.0 Å². The maximum atomic E-state index is 6.30. The molecule has 1 fully saturated rings. The molecule has 0 radical (unpaired) electrons. The van der Waals surface area contributed by atoms with Crippen molar-refractivity contribution >= 4 is 34.4 Å². The molecule has 0 aliphatic carbocycles. The van der Waals surface area contributed by atoms with E-state index < -0.39 is 0 Å². The van der Waals surface area contributed by atoms with Gasteiger partial charge in [-0.1, -0.05) is 18.5 Å². The number of nitrogens with zero attached hydrogens (tertiary/aromatic N) is 3. The summed E-state index contributed by atoms with van der Waals surface area (Å²) in [6.07, 6.45) is 4.07. The van der Waals surface area contributed by atoms with E-state index >= 15 is 0 Å². The summed E-state index contributed by atoms with van der Waals surface area (Å²) in [6.45, 7) is 5.78. The van der Waals surface area contributed by atoms with E-state index in [9.17, 15) is 0 Å². The highest BCUT2D eigenvalue weighted by Gasteiger charge is 2.29. The van der Waals surface area contributed by atoms with Crippen LogP contribution < -0.4 is 0 Å². The number of fused-ring (bicyclic) bond motifs is 1. The Morgan fingerprint density at radius 3 is 3.05 bits per heavy atom. The fourth-order valence-corrected chi connectivity index (χ4v) is 3.39. The van der Waals surface area contributed by atoms with E-state index in [1.165, 1.54) is 0 Å². The summed E-state index contributed by atoms with van der Waals surface area (Å²) < 4.78 is 7.92. The molecule has 0 amide bonds. The Balaban J connectivity index is 2.01. The van der Waals surface area contributed by atoms with Crippen LogP contribution in [0.15, 0.2) is 12.3 Å². The standard InChI is InChI=1S/C15H19Cl2N3O/c1-3-13-10(4-5-21-13)8-20-14(9(2)16)19-12-6-11(17)7-18-15(12)20/h6-7,9-10,13H,3-5,8H2,1-2H3. The van der Waals surface area contributed by atoms with Crippen molar-refractivity contribution in [1.82, 2.24) is 14.5 Å². The number of ether oxygens (including phenoxy) is 1. The van der Waals surface area contributed by atoms with E-state index in [0.717, 1.165) is 43.0 Å². The number of imidazole rings is 1. The van der Waals surface area contributed by atoms with Crippen molar-refractivity contribution in [3.05, 3.63) is 23.1 Å². The monoisotopic (exact) mass is 327 g/mol. The molecule has 6 heteroatoms. The molecule has 0 spiro atoms. The van der Waals surface area contributed by atoms with Crippen molar-refractivity contribution in [2.45, 2.75) is 44.7 Å². The minimum Gasteiger partial charge on any atom is -0.378 e. The summed E-state index contributed by atoms with van der Waals surface area (Å²) in [6, 6.07) is 1.84. The number of hydrogen-bond acceptors (Lipinski definition) is 3. The van der Waals surface area contributed by atoms with Crippen molar-refractivity contribution in [1.29, 1.82) is 0 Å². The van der Waals surface area contributed by atoms with E-state index in [4.69, 9.17) is 27.9 Å². The molecule has 1 aliphatic heterocycles. The molecular weight excluding hydrogens is 309 g/mol. The second kappa shape index (κ2) is 6.11. The zero-order valence-corrected chi connectivity index (χ0v) is 13.7. The molecule has 2 aromatic heterocycles. The minimum atomic E-state index is -0.166. The van der Waals surface area contributed by atoms with Crippen LogP contribution in [0.4, 0.5) is 0 Å². The highest BCUT2D eigenvalue weighted by Crippen LogP contribution is 2.30. The van der Waals surface area contributed by atoms with E-state index in [-0.39, 0.29) is 5.38 Å². The molecule has 3 unspecified atom stereocenters. The Hall–Kier alpha value is -0.840. The number of rotatable bonds is 4. The third kappa shape index (κ3) is 2.89. The van der Waals surface area contributed by atoms with Gasteiger partial charge < -0.3 is 9.30 Å².